The van der Waals surface area contributed by atoms with Crippen molar-refractivity contribution in [2.24, 2.45) is 5.41 Å². The Morgan fingerprint density at radius 3 is 2.70 bits per heavy atom. The number of aromatic nitrogens is 1. The van der Waals surface area contributed by atoms with E-state index in [1.54, 1.807) is 11.0 Å². The number of pyridine rings is 1. The van der Waals surface area contributed by atoms with Gasteiger partial charge < -0.3 is 19.8 Å². The molecule has 7 nitrogen and oxygen atoms in total. The maximum absolute atomic E-state index is 12.7. The number of carbonyl (C=O) groups is 2. The standard InChI is InChI=1S/C20H28N4O3/c1-22-10-5-15(13-22)24-14-20(6-4-17(24)26)7-11-23(12-8-20)19(27)18-16(25)3-2-9-21-18/h2-3,9,15,25H,4-8,10-14H2,1H3/t15-/m0/s1. The van der Waals surface area contributed by atoms with Crippen LogP contribution in [-0.2, 0) is 4.79 Å². The van der Waals surface area contributed by atoms with Gasteiger partial charge >= 0.3 is 0 Å². The number of carbonyl (C=O) groups excluding carboxylic acids is 2. The summed E-state index contributed by atoms with van der Waals surface area (Å²) in [6.07, 6.45) is 5.93. The van der Waals surface area contributed by atoms with Crippen molar-refractivity contribution < 1.29 is 14.7 Å². The fourth-order valence-corrected chi connectivity index (χ4v) is 4.85. The second-order valence-corrected chi connectivity index (χ2v) is 8.39. The lowest BCUT2D eigenvalue weighted by Crippen LogP contribution is -2.55. The zero-order chi connectivity index (χ0) is 19.0. The maximum atomic E-state index is 12.7. The van der Waals surface area contributed by atoms with Crippen LogP contribution in [0.15, 0.2) is 18.3 Å². The summed E-state index contributed by atoms with van der Waals surface area (Å²) in [6, 6.07) is 3.45. The molecule has 1 atom stereocenters. The van der Waals surface area contributed by atoms with E-state index in [4.69, 9.17) is 0 Å². The van der Waals surface area contributed by atoms with E-state index in [9.17, 15) is 14.7 Å². The minimum atomic E-state index is -0.205. The normalized spacial score (nSPS) is 26.0. The van der Waals surface area contributed by atoms with Gasteiger partial charge in [-0.2, -0.15) is 0 Å². The van der Waals surface area contributed by atoms with Gasteiger partial charge in [0.05, 0.1) is 0 Å². The lowest BCUT2D eigenvalue weighted by atomic mass is 9.72. The summed E-state index contributed by atoms with van der Waals surface area (Å²) in [7, 11) is 2.11. The number of aromatic hydroxyl groups is 1. The zero-order valence-electron chi connectivity index (χ0n) is 15.9. The van der Waals surface area contributed by atoms with Crippen molar-refractivity contribution >= 4 is 11.8 Å². The van der Waals surface area contributed by atoms with E-state index < -0.39 is 0 Å². The molecule has 1 aromatic rings. The largest absolute Gasteiger partial charge is 0.505 e. The van der Waals surface area contributed by atoms with Crippen molar-refractivity contribution in [2.45, 2.75) is 38.1 Å². The first-order valence-corrected chi connectivity index (χ1v) is 9.89. The van der Waals surface area contributed by atoms with Crippen molar-refractivity contribution in [1.82, 2.24) is 19.7 Å². The third-order valence-electron chi connectivity index (χ3n) is 6.60. The van der Waals surface area contributed by atoms with Crippen LogP contribution in [0.5, 0.6) is 5.75 Å². The Hall–Kier alpha value is -2.15. The highest BCUT2D eigenvalue weighted by Crippen LogP contribution is 2.41. The van der Waals surface area contributed by atoms with Crippen molar-refractivity contribution in [3.8, 4) is 5.75 Å². The monoisotopic (exact) mass is 372 g/mol. The van der Waals surface area contributed by atoms with Crippen LogP contribution in [0.4, 0.5) is 0 Å². The van der Waals surface area contributed by atoms with E-state index in [2.05, 4.69) is 21.8 Å². The number of likely N-dealkylation sites (N-methyl/N-ethyl adjacent to an activating group) is 1. The Morgan fingerprint density at radius 2 is 2.04 bits per heavy atom. The van der Waals surface area contributed by atoms with Gasteiger partial charge in [-0.05, 0) is 56.8 Å². The van der Waals surface area contributed by atoms with Crippen molar-refractivity contribution in [3.63, 3.8) is 0 Å². The van der Waals surface area contributed by atoms with Gasteiger partial charge in [0.25, 0.3) is 5.91 Å². The summed E-state index contributed by atoms with van der Waals surface area (Å²) in [5, 5.41) is 9.90. The molecule has 2 amide bonds. The van der Waals surface area contributed by atoms with E-state index in [1.807, 2.05) is 0 Å². The average Bonchev–Trinajstić information content (AvgIpc) is 3.11. The average molecular weight is 372 g/mol. The molecule has 0 aromatic carbocycles. The fraction of sp³-hybridized carbons (Fsp3) is 0.650. The first-order valence-electron chi connectivity index (χ1n) is 9.89. The smallest absolute Gasteiger partial charge is 0.276 e. The van der Waals surface area contributed by atoms with Crippen LogP contribution in [0.2, 0.25) is 0 Å². The summed E-state index contributed by atoms with van der Waals surface area (Å²) in [5.41, 5.74) is 0.251. The number of amides is 2. The Bertz CT molecular complexity index is 730. The van der Waals surface area contributed by atoms with Crippen LogP contribution in [-0.4, -0.2) is 82.4 Å². The topological polar surface area (TPSA) is 77.0 Å². The quantitative estimate of drug-likeness (QED) is 0.848. The maximum Gasteiger partial charge on any atom is 0.276 e. The zero-order valence-corrected chi connectivity index (χ0v) is 15.9. The second kappa shape index (κ2) is 7.11. The lowest BCUT2D eigenvalue weighted by molar-refractivity contribution is -0.141. The highest BCUT2D eigenvalue weighted by atomic mass is 16.3. The van der Waals surface area contributed by atoms with Gasteiger partial charge in [-0.1, -0.05) is 0 Å². The van der Waals surface area contributed by atoms with E-state index >= 15 is 0 Å². The Morgan fingerprint density at radius 1 is 1.26 bits per heavy atom. The van der Waals surface area contributed by atoms with Crippen LogP contribution in [0, 0.1) is 5.41 Å². The number of hydrogen-bond donors (Lipinski definition) is 1. The van der Waals surface area contributed by atoms with Crippen LogP contribution < -0.4 is 0 Å². The van der Waals surface area contributed by atoms with Gasteiger partial charge in [-0.3, -0.25) is 9.59 Å². The van der Waals surface area contributed by atoms with Gasteiger partial charge in [0, 0.05) is 44.8 Å². The third-order valence-corrected chi connectivity index (χ3v) is 6.60. The van der Waals surface area contributed by atoms with Crippen LogP contribution in [0.1, 0.15) is 42.6 Å². The highest BCUT2D eigenvalue weighted by Gasteiger charge is 2.44. The molecule has 0 aliphatic carbocycles. The first kappa shape index (κ1) is 18.2. The molecule has 3 aliphatic rings. The number of piperidine rings is 2. The van der Waals surface area contributed by atoms with Gasteiger partial charge in [-0.25, -0.2) is 4.98 Å². The van der Waals surface area contributed by atoms with Crippen molar-refractivity contribution in [3.05, 3.63) is 24.0 Å². The van der Waals surface area contributed by atoms with E-state index in [1.165, 1.54) is 12.3 Å². The van der Waals surface area contributed by atoms with Crippen molar-refractivity contribution in [1.29, 1.82) is 0 Å². The van der Waals surface area contributed by atoms with Crippen LogP contribution in [0.25, 0.3) is 0 Å². The Balaban J connectivity index is 1.41. The van der Waals surface area contributed by atoms with Gasteiger partial charge in [0.1, 0.15) is 5.75 Å². The summed E-state index contributed by atoms with van der Waals surface area (Å²) in [5.74, 6) is 0.0181. The Labute approximate surface area is 160 Å². The predicted molar refractivity (Wildman–Crippen MR) is 100 cm³/mol. The molecule has 0 bridgehead atoms. The van der Waals surface area contributed by atoms with E-state index in [-0.39, 0.29) is 28.7 Å². The molecule has 7 heteroatoms. The van der Waals surface area contributed by atoms with Crippen LogP contribution >= 0.6 is 0 Å². The predicted octanol–water partition coefficient (Wildman–Crippen LogP) is 1.34. The molecule has 0 radical (unpaired) electrons. The number of likely N-dealkylation sites (tertiary alicyclic amines) is 3. The molecule has 3 fully saturated rings. The molecule has 1 spiro atoms. The molecule has 1 N–H and O–H groups in total. The lowest BCUT2D eigenvalue weighted by Gasteiger charge is -2.48. The minimum absolute atomic E-state index is 0.0671. The molecule has 3 saturated heterocycles. The number of rotatable bonds is 2. The van der Waals surface area contributed by atoms with Crippen molar-refractivity contribution in [2.75, 3.05) is 39.8 Å². The minimum Gasteiger partial charge on any atom is -0.505 e. The van der Waals surface area contributed by atoms with Gasteiger partial charge in [0.15, 0.2) is 5.69 Å². The molecule has 146 valence electrons. The molecule has 4 rings (SSSR count). The summed E-state index contributed by atoms with van der Waals surface area (Å²) < 4.78 is 0. The molecule has 1 aromatic heterocycles. The molecular formula is C20H28N4O3. The van der Waals surface area contributed by atoms with Gasteiger partial charge in [-0.15, -0.1) is 0 Å². The highest BCUT2D eigenvalue weighted by molar-refractivity contribution is 5.94. The fourth-order valence-electron chi connectivity index (χ4n) is 4.85. The van der Waals surface area contributed by atoms with E-state index in [0.29, 0.717) is 25.6 Å². The summed E-state index contributed by atoms with van der Waals surface area (Å²) >= 11 is 0. The van der Waals surface area contributed by atoms with E-state index in [0.717, 1.165) is 45.3 Å². The number of nitrogens with zero attached hydrogens (tertiary/aromatic N) is 4. The third kappa shape index (κ3) is 3.52. The van der Waals surface area contributed by atoms with Crippen LogP contribution in [0.3, 0.4) is 0 Å². The van der Waals surface area contributed by atoms with Gasteiger partial charge in [0.2, 0.25) is 5.91 Å². The first-order chi connectivity index (χ1) is 13.0. The molecule has 0 saturated carbocycles. The Kier molecular flexibility index (Phi) is 4.80. The molecule has 0 unspecified atom stereocenters. The molecule has 4 heterocycles. The SMILES string of the molecule is CN1CC[C@H](N2CC3(CCC2=O)CCN(C(=O)c2ncccc2O)CC3)C1. The summed E-state index contributed by atoms with van der Waals surface area (Å²) in [4.78, 5) is 35.4. The second-order valence-electron chi connectivity index (χ2n) is 8.39. The molecule has 3 aliphatic heterocycles. The molecular weight excluding hydrogens is 344 g/mol. The molecule has 27 heavy (non-hydrogen) atoms. The summed E-state index contributed by atoms with van der Waals surface area (Å²) in [6.45, 7) is 4.15. The number of hydrogen-bond acceptors (Lipinski definition) is 5.